The largest absolute Gasteiger partial charge is 0.245 e. The molecule has 0 atom stereocenters. The van der Waals surface area contributed by atoms with E-state index < -0.39 is 5.82 Å². The third kappa shape index (κ3) is 1.45. The van der Waals surface area contributed by atoms with Crippen LogP contribution in [0.2, 0.25) is 0 Å². The highest BCUT2D eigenvalue weighted by molar-refractivity contribution is 7.16. The van der Waals surface area contributed by atoms with Gasteiger partial charge in [0.1, 0.15) is 12.0 Å². The van der Waals surface area contributed by atoms with Crippen LogP contribution in [0.5, 0.6) is 0 Å². The number of rotatable bonds is 1. The van der Waals surface area contributed by atoms with Gasteiger partial charge in [-0.3, -0.25) is 0 Å². The Labute approximate surface area is 94.6 Å². The Morgan fingerprint density at radius 2 is 2.12 bits per heavy atom. The molecule has 0 unspecified atom stereocenters. The molecule has 1 aromatic carbocycles. The predicted octanol–water partition coefficient (Wildman–Crippen LogP) is 2.89. The van der Waals surface area contributed by atoms with Gasteiger partial charge in [-0.05, 0) is 12.1 Å². The highest BCUT2D eigenvalue weighted by atomic mass is 32.1. The molecule has 3 nitrogen and oxygen atoms in total. The molecule has 0 amide bonds. The Hall–Kier alpha value is -1.88. The highest BCUT2D eigenvalue weighted by Crippen LogP contribution is 2.25. The Kier molecular flexibility index (Phi) is 2.11. The Balaban J connectivity index is 2.22. The average molecular weight is 231 g/mol. The van der Waals surface area contributed by atoms with Gasteiger partial charge in [0.25, 0.3) is 0 Å². The van der Waals surface area contributed by atoms with E-state index in [1.54, 1.807) is 5.51 Å². The first-order chi connectivity index (χ1) is 7.84. The monoisotopic (exact) mass is 231 g/mol. The molecule has 0 fully saturated rings. The lowest BCUT2D eigenvalue weighted by Gasteiger charge is -2.00. The van der Waals surface area contributed by atoms with Crippen molar-refractivity contribution in [3.63, 3.8) is 0 Å². The first kappa shape index (κ1) is 9.35. The quantitative estimate of drug-likeness (QED) is 0.646. The van der Waals surface area contributed by atoms with Crippen LogP contribution in [0, 0.1) is 5.82 Å². The van der Waals surface area contributed by atoms with Gasteiger partial charge < -0.3 is 0 Å². The highest BCUT2D eigenvalue weighted by Gasteiger charge is 2.07. The van der Waals surface area contributed by atoms with Gasteiger partial charge in [0.15, 0.2) is 5.82 Å². The number of aromatic nitrogens is 3. The third-order valence-corrected chi connectivity index (χ3v) is 3.06. The summed E-state index contributed by atoms with van der Waals surface area (Å²) < 4.78 is 14.5. The minimum atomic E-state index is -0.411. The normalized spacial score (nSPS) is 10.8. The molecule has 16 heavy (non-hydrogen) atoms. The van der Waals surface area contributed by atoms with Crippen LogP contribution in [0.4, 0.5) is 4.39 Å². The summed E-state index contributed by atoms with van der Waals surface area (Å²) in [5.41, 5.74) is 3.76. The molecule has 0 aliphatic carbocycles. The maximum atomic E-state index is 13.5. The first-order valence-corrected chi connectivity index (χ1v) is 5.52. The number of nitrogens with zero attached hydrogens (tertiary/aromatic N) is 3. The standard InChI is InChI=1S/C11H6FN3S/c12-8-4-13-5-14-11(8)7-1-2-9-10(3-7)16-6-15-9/h1-6H. The van der Waals surface area contributed by atoms with Crippen molar-refractivity contribution < 1.29 is 4.39 Å². The Morgan fingerprint density at radius 3 is 3.00 bits per heavy atom. The lowest BCUT2D eigenvalue weighted by atomic mass is 10.1. The first-order valence-electron chi connectivity index (χ1n) is 4.64. The van der Waals surface area contributed by atoms with Crippen LogP contribution in [0.25, 0.3) is 21.5 Å². The zero-order valence-electron chi connectivity index (χ0n) is 8.09. The summed E-state index contributed by atoms with van der Waals surface area (Å²) in [5.74, 6) is -0.411. The van der Waals surface area contributed by atoms with E-state index in [1.807, 2.05) is 18.2 Å². The lowest BCUT2D eigenvalue weighted by Crippen LogP contribution is -1.89. The van der Waals surface area contributed by atoms with Crippen molar-refractivity contribution in [2.24, 2.45) is 0 Å². The zero-order valence-corrected chi connectivity index (χ0v) is 8.91. The number of thiazole rings is 1. The molecular weight excluding hydrogens is 225 g/mol. The topological polar surface area (TPSA) is 38.7 Å². The lowest BCUT2D eigenvalue weighted by molar-refractivity contribution is 0.618. The van der Waals surface area contributed by atoms with E-state index in [-0.39, 0.29) is 0 Å². The van der Waals surface area contributed by atoms with E-state index in [4.69, 9.17) is 0 Å². The molecule has 0 saturated carbocycles. The number of hydrogen-bond acceptors (Lipinski definition) is 4. The molecule has 78 valence electrons. The van der Waals surface area contributed by atoms with Gasteiger partial charge in [0, 0.05) is 5.56 Å². The molecule has 0 bridgehead atoms. The molecule has 0 N–H and O–H groups in total. The number of hydrogen-bond donors (Lipinski definition) is 0. The fourth-order valence-electron chi connectivity index (χ4n) is 1.53. The Bertz CT molecular complexity index is 650. The molecular formula is C11H6FN3S. The van der Waals surface area contributed by atoms with Gasteiger partial charge in [-0.1, -0.05) is 6.07 Å². The Morgan fingerprint density at radius 1 is 1.19 bits per heavy atom. The fraction of sp³-hybridized carbons (Fsp3) is 0. The van der Waals surface area contributed by atoms with Gasteiger partial charge in [-0.2, -0.15) is 0 Å². The van der Waals surface area contributed by atoms with Crippen molar-refractivity contribution >= 4 is 21.6 Å². The van der Waals surface area contributed by atoms with Gasteiger partial charge in [-0.15, -0.1) is 11.3 Å². The molecule has 0 aliphatic rings. The van der Waals surface area contributed by atoms with Crippen LogP contribution in [0.15, 0.2) is 36.2 Å². The molecule has 3 rings (SSSR count). The summed E-state index contributed by atoms with van der Waals surface area (Å²) in [4.78, 5) is 11.7. The molecule has 5 heteroatoms. The van der Waals surface area contributed by atoms with Crippen molar-refractivity contribution in [1.29, 1.82) is 0 Å². The average Bonchev–Trinajstić information content (AvgIpc) is 2.76. The zero-order chi connectivity index (χ0) is 11.0. The molecule has 2 heterocycles. The van der Waals surface area contributed by atoms with E-state index in [0.29, 0.717) is 5.69 Å². The predicted molar refractivity (Wildman–Crippen MR) is 60.6 cm³/mol. The number of benzene rings is 1. The minimum absolute atomic E-state index is 0.324. The van der Waals surface area contributed by atoms with Crippen molar-refractivity contribution in [3.05, 3.63) is 42.1 Å². The van der Waals surface area contributed by atoms with E-state index in [9.17, 15) is 4.39 Å². The summed E-state index contributed by atoms with van der Waals surface area (Å²) in [6, 6.07) is 5.56. The maximum absolute atomic E-state index is 13.5. The van der Waals surface area contributed by atoms with Crippen molar-refractivity contribution in [2.45, 2.75) is 0 Å². The van der Waals surface area contributed by atoms with E-state index >= 15 is 0 Å². The SMILES string of the molecule is Fc1cncnc1-c1ccc2ncsc2c1. The summed E-state index contributed by atoms with van der Waals surface area (Å²) in [6.07, 6.45) is 2.51. The molecule has 0 saturated heterocycles. The molecule has 0 aliphatic heterocycles. The maximum Gasteiger partial charge on any atom is 0.167 e. The van der Waals surface area contributed by atoms with E-state index in [2.05, 4.69) is 15.0 Å². The van der Waals surface area contributed by atoms with Crippen LogP contribution in [-0.4, -0.2) is 15.0 Å². The van der Waals surface area contributed by atoms with Gasteiger partial charge in [-0.25, -0.2) is 19.3 Å². The van der Waals surface area contributed by atoms with Crippen LogP contribution in [-0.2, 0) is 0 Å². The van der Waals surface area contributed by atoms with Crippen LogP contribution >= 0.6 is 11.3 Å². The summed E-state index contributed by atoms with van der Waals surface area (Å²) in [5, 5.41) is 0. The number of fused-ring (bicyclic) bond motifs is 1. The second-order valence-electron chi connectivity index (χ2n) is 3.25. The second kappa shape index (κ2) is 3.61. The number of halogens is 1. The summed E-state index contributed by atoms with van der Waals surface area (Å²) >= 11 is 1.53. The smallest absolute Gasteiger partial charge is 0.167 e. The van der Waals surface area contributed by atoms with Crippen molar-refractivity contribution in [2.75, 3.05) is 0 Å². The van der Waals surface area contributed by atoms with E-state index in [1.165, 1.54) is 23.9 Å². The molecule has 3 aromatic rings. The van der Waals surface area contributed by atoms with Crippen LogP contribution in [0.3, 0.4) is 0 Å². The molecule has 0 spiro atoms. The minimum Gasteiger partial charge on any atom is -0.245 e. The fourth-order valence-corrected chi connectivity index (χ4v) is 2.24. The van der Waals surface area contributed by atoms with Crippen molar-refractivity contribution in [1.82, 2.24) is 15.0 Å². The van der Waals surface area contributed by atoms with E-state index in [0.717, 1.165) is 15.8 Å². The molecule has 2 aromatic heterocycles. The van der Waals surface area contributed by atoms with Gasteiger partial charge in [0.05, 0.1) is 21.9 Å². The summed E-state index contributed by atoms with van der Waals surface area (Å²) in [6.45, 7) is 0. The van der Waals surface area contributed by atoms with Gasteiger partial charge >= 0.3 is 0 Å². The second-order valence-corrected chi connectivity index (χ2v) is 4.14. The molecule has 0 radical (unpaired) electrons. The van der Waals surface area contributed by atoms with Crippen LogP contribution in [0.1, 0.15) is 0 Å². The van der Waals surface area contributed by atoms with Crippen LogP contribution < -0.4 is 0 Å². The van der Waals surface area contributed by atoms with Crippen molar-refractivity contribution in [3.8, 4) is 11.3 Å². The summed E-state index contributed by atoms with van der Waals surface area (Å²) in [7, 11) is 0. The van der Waals surface area contributed by atoms with Gasteiger partial charge in [0.2, 0.25) is 0 Å². The third-order valence-electron chi connectivity index (χ3n) is 2.27.